The van der Waals surface area contributed by atoms with E-state index in [4.69, 9.17) is 5.73 Å². The van der Waals surface area contributed by atoms with Gasteiger partial charge in [-0.25, -0.2) is 0 Å². The van der Waals surface area contributed by atoms with Gasteiger partial charge in [0.15, 0.2) is 0 Å². The van der Waals surface area contributed by atoms with E-state index >= 15 is 0 Å². The van der Waals surface area contributed by atoms with E-state index < -0.39 is 0 Å². The number of rotatable bonds is 4. The van der Waals surface area contributed by atoms with Crippen molar-refractivity contribution < 1.29 is 0 Å². The standard InChI is InChI=1S/C12H22N2/c1-9(2)7-14-12(8-13)6-10-3-4-11(12)5-10/h10-11,14H,1,3-8,13H2,2H3. The normalized spacial score (nSPS) is 40.4. The lowest BCUT2D eigenvalue weighted by Gasteiger charge is -2.38. The van der Waals surface area contributed by atoms with Crippen molar-refractivity contribution in [3.05, 3.63) is 12.2 Å². The third kappa shape index (κ3) is 1.61. The van der Waals surface area contributed by atoms with Gasteiger partial charge < -0.3 is 11.1 Å². The third-order valence-electron chi connectivity index (χ3n) is 4.08. The van der Waals surface area contributed by atoms with Crippen molar-refractivity contribution in [2.45, 2.75) is 38.1 Å². The van der Waals surface area contributed by atoms with Gasteiger partial charge in [-0.2, -0.15) is 0 Å². The first-order valence-corrected chi connectivity index (χ1v) is 5.76. The molecule has 80 valence electrons. The van der Waals surface area contributed by atoms with Crippen LogP contribution in [0.25, 0.3) is 0 Å². The maximum Gasteiger partial charge on any atom is 0.0337 e. The molecule has 0 heterocycles. The molecule has 0 aliphatic heterocycles. The Bertz CT molecular complexity index is 236. The molecule has 0 aromatic rings. The number of hydrogen-bond acceptors (Lipinski definition) is 2. The van der Waals surface area contributed by atoms with Gasteiger partial charge in [0.05, 0.1) is 0 Å². The Hall–Kier alpha value is -0.340. The summed E-state index contributed by atoms with van der Waals surface area (Å²) in [5.74, 6) is 1.78. The Morgan fingerprint density at radius 2 is 2.36 bits per heavy atom. The molecule has 3 atom stereocenters. The molecule has 2 heteroatoms. The van der Waals surface area contributed by atoms with Crippen LogP contribution in [-0.4, -0.2) is 18.6 Å². The van der Waals surface area contributed by atoms with Gasteiger partial charge >= 0.3 is 0 Å². The summed E-state index contributed by atoms with van der Waals surface area (Å²) < 4.78 is 0. The van der Waals surface area contributed by atoms with Crippen molar-refractivity contribution in [3.8, 4) is 0 Å². The summed E-state index contributed by atoms with van der Waals surface area (Å²) in [5.41, 5.74) is 7.41. The molecule has 0 aromatic heterocycles. The minimum Gasteiger partial charge on any atom is -0.329 e. The van der Waals surface area contributed by atoms with Crippen molar-refractivity contribution in [3.63, 3.8) is 0 Å². The van der Waals surface area contributed by atoms with Gasteiger partial charge in [-0.3, -0.25) is 0 Å². The number of fused-ring (bicyclic) bond motifs is 2. The Balaban J connectivity index is 2.00. The van der Waals surface area contributed by atoms with Crippen molar-refractivity contribution in [2.24, 2.45) is 17.6 Å². The summed E-state index contributed by atoms with van der Waals surface area (Å²) in [4.78, 5) is 0. The van der Waals surface area contributed by atoms with Gasteiger partial charge in [0.25, 0.3) is 0 Å². The van der Waals surface area contributed by atoms with E-state index in [9.17, 15) is 0 Å². The highest BCUT2D eigenvalue weighted by atomic mass is 15.0. The summed E-state index contributed by atoms with van der Waals surface area (Å²) in [6, 6.07) is 0. The van der Waals surface area contributed by atoms with Crippen LogP contribution in [0.15, 0.2) is 12.2 Å². The Labute approximate surface area is 86.9 Å². The zero-order valence-corrected chi connectivity index (χ0v) is 9.18. The fourth-order valence-corrected chi connectivity index (χ4v) is 3.31. The van der Waals surface area contributed by atoms with Crippen LogP contribution in [0.5, 0.6) is 0 Å². The van der Waals surface area contributed by atoms with E-state index in [2.05, 4.69) is 18.8 Å². The lowest BCUT2D eigenvalue weighted by atomic mass is 9.81. The highest BCUT2D eigenvalue weighted by Gasteiger charge is 2.49. The van der Waals surface area contributed by atoms with Crippen LogP contribution in [0.1, 0.15) is 32.6 Å². The molecule has 2 aliphatic rings. The number of hydrogen-bond donors (Lipinski definition) is 2. The maximum absolute atomic E-state index is 5.95. The van der Waals surface area contributed by atoms with Crippen molar-refractivity contribution in [1.82, 2.24) is 5.32 Å². The molecule has 2 aliphatic carbocycles. The Kier molecular flexibility index (Phi) is 2.67. The Morgan fingerprint density at radius 1 is 1.57 bits per heavy atom. The molecule has 0 amide bonds. The smallest absolute Gasteiger partial charge is 0.0337 e. The van der Waals surface area contributed by atoms with E-state index in [0.29, 0.717) is 0 Å². The van der Waals surface area contributed by atoms with Crippen LogP contribution in [0.2, 0.25) is 0 Å². The van der Waals surface area contributed by atoms with E-state index in [1.54, 1.807) is 0 Å². The third-order valence-corrected chi connectivity index (χ3v) is 4.08. The first kappa shape index (κ1) is 10.2. The fourth-order valence-electron chi connectivity index (χ4n) is 3.31. The SMILES string of the molecule is C=C(C)CNC1(CN)CC2CCC1C2. The minimum absolute atomic E-state index is 0.252. The van der Waals surface area contributed by atoms with Gasteiger partial charge in [-0.05, 0) is 38.0 Å². The molecule has 2 fully saturated rings. The molecule has 0 spiro atoms. The summed E-state index contributed by atoms with van der Waals surface area (Å²) in [6.45, 7) is 7.74. The molecule has 3 N–H and O–H groups in total. The van der Waals surface area contributed by atoms with E-state index in [-0.39, 0.29) is 5.54 Å². The molecule has 2 nitrogen and oxygen atoms in total. The largest absolute Gasteiger partial charge is 0.329 e. The number of nitrogens with two attached hydrogens (primary N) is 1. The van der Waals surface area contributed by atoms with Crippen LogP contribution in [0, 0.1) is 11.8 Å². The van der Waals surface area contributed by atoms with Crippen LogP contribution in [0.4, 0.5) is 0 Å². The van der Waals surface area contributed by atoms with Crippen LogP contribution in [0.3, 0.4) is 0 Å². The molecule has 3 unspecified atom stereocenters. The van der Waals surface area contributed by atoms with E-state index in [1.165, 1.54) is 31.3 Å². The van der Waals surface area contributed by atoms with Crippen LogP contribution < -0.4 is 11.1 Å². The zero-order valence-electron chi connectivity index (χ0n) is 9.18. The second kappa shape index (κ2) is 3.67. The molecule has 2 bridgehead atoms. The monoisotopic (exact) mass is 194 g/mol. The van der Waals surface area contributed by atoms with E-state index in [1.807, 2.05) is 0 Å². The van der Waals surface area contributed by atoms with Crippen LogP contribution >= 0.6 is 0 Å². The molecule has 0 saturated heterocycles. The van der Waals surface area contributed by atoms with Gasteiger partial charge in [-0.15, -0.1) is 0 Å². The Morgan fingerprint density at radius 3 is 2.79 bits per heavy atom. The topological polar surface area (TPSA) is 38.0 Å². The van der Waals surface area contributed by atoms with Crippen molar-refractivity contribution >= 4 is 0 Å². The molecular formula is C12H22N2. The summed E-state index contributed by atoms with van der Waals surface area (Å²) >= 11 is 0. The average molecular weight is 194 g/mol. The summed E-state index contributed by atoms with van der Waals surface area (Å²) in [7, 11) is 0. The predicted molar refractivity (Wildman–Crippen MR) is 60.1 cm³/mol. The maximum atomic E-state index is 5.95. The first-order chi connectivity index (χ1) is 6.66. The molecule has 0 aromatic carbocycles. The molecule has 0 radical (unpaired) electrons. The van der Waals surface area contributed by atoms with Gasteiger partial charge in [0, 0.05) is 18.6 Å². The zero-order chi connectivity index (χ0) is 10.2. The van der Waals surface area contributed by atoms with Gasteiger partial charge in [-0.1, -0.05) is 18.6 Å². The molecule has 2 rings (SSSR count). The van der Waals surface area contributed by atoms with Crippen molar-refractivity contribution in [2.75, 3.05) is 13.1 Å². The second-order valence-electron chi connectivity index (χ2n) is 5.25. The number of nitrogens with one attached hydrogen (secondary N) is 1. The van der Waals surface area contributed by atoms with Crippen molar-refractivity contribution in [1.29, 1.82) is 0 Å². The highest BCUT2D eigenvalue weighted by Crippen LogP contribution is 2.50. The lowest BCUT2D eigenvalue weighted by Crippen LogP contribution is -2.55. The molecular weight excluding hydrogens is 172 g/mol. The fraction of sp³-hybridized carbons (Fsp3) is 0.833. The minimum atomic E-state index is 0.252. The van der Waals surface area contributed by atoms with E-state index in [0.717, 1.165) is 24.9 Å². The highest BCUT2D eigenvalue weighted by molar-refractivity contribution is 5.09. The van der Waals surface area contributed by atoms with Gasteiger partial charge in [0.2, 0.25) is 0 Å². The molecule has 14 heavy (non-hydrogen) atoms. The summed E-state index contributed by atoms with van der Waals surface area (Å²) in [5, 5.41) is 3.65. The predicted octanol–water partition coefficient (Wildman–Crippen LogP) is 1.67. The average Bonchev–Trinajstić information content (AvgIpc) is 2.74. The molecule has 2 saturated carbocycles. The lowest BCUT2D eigenvalue weighted by molar-refractivity contribution is 0.222. The second-order valence-corrected chi connectivity index (χ2v) is 5.25. The van der Waals surface area contributed by atoms with Gasteiger partial charge in [0.1, 0.15) is 0 Å². The quantitative estimate of drug-likeness (QED) is 0.668. The van der Waals surface area contributed by atoms with Crippen LogP contribution in [-0.2, 0) is 0 Å². The summed E-state index contributed by atoms with van der Waals surface area (Å²) in [6.07, 6.45) is 5.51. The first-order valence-electron chi connectivity index (χ1n) is 5.76.